The van der Waals surface area contributed by atoms with Gasteiger partial charge >= 0.3 is 0 Å². The van der Waals surface area contributed by atoms with Crippen LogP contribution < -0.4 is 5.32 Å². The van der Waals surface area contributed by atoms with Gasteiger partial charge in [0.05, 0.1) is 12.0 Å². The van der Waals surface area contributed by atoms with Crippen molar-refractivity contribution >= 4 is 28.6 Å². The molecule has 5 heterocycles. The lowest BCUT2D eigenvalue weighted by atomic mass is 9.70. The molecule has 3 amide bonds. The fourth-order valence-electron chi connectivity index (χ4n) is 8.66. The second-order valence-electron chi connectivity index (χ2n) is 14.1. The molecule has 4 N–H and O–H groups in total. The monoisotopic (exact) mass is 593 g/mol. The van der Waals surface area contributed by atoms with E-state index in [2.05, 4.69) is 15.2 Å². The number of hydrogen-bond donors (Lipinski definition) is 4. The third kappa shape index (κ3) is 3.90. The van der Waals surface area contributed by atoms with Gasteiger partial charge in [0.15, 0.2) is 0 Å². The molecule has 1 aliphatic carbocycles. The maximum atomic E-state index is 14.4. The van der Waals surface area contributed by atoms with Crippen LogP contribution in [-0.2, 0) is 25.5 Å². The van der Waals surface area contributed by atoms with Crippen LogP contribution in [0.5, 0.6) is 0 Å². The van der Waals surface area contributed by atoms with Gasteiger partial charge in [0.1, 0.15) is 12.1 Å². The summed E-state index contributed by atoms with van der Waals surface area (Å²) in [5, 5.41) is 28.0. The number of aromatic nitrogens is 1. The van der Waals surface area contributed by atoms with Gasteiger partial charge in [0, 0.05) is 48.1 Å². The van der Waals surface area contributed by atoms with Crippen molar-refractivity contribution in [1.82, 2.24) is 25.0 Å². The molecule has 43 heavy (non-hydrogen) atoms. The van der Waals surface area contributed by atoms with E-state index in [0.29, 0.717) is 32.4 Å². The second-order valence-corrected chi connectivity index (χ2v) is 14.1. The molecule has 8 atom stereocenters. The molecule has 2 aromatic rings. The van der Waals surface area contributed by atoms with Crippen LogP contribution in [0.3, 0.4) is 0 Å². The molecule has 0 bridgehead atoms. The number of fused-ring (bicyclic) bond motifs is 5. The Morgan fingerprint density at radius 1 is 1.23 bits per heavy atom. The van der Waals surface area contributed by atoms with Crippen molar-refractivity contribution < 1.29 is 29.3 Å². The third-order valence-corrected chi connectivity index (χ3v) is 10.8. The Morgan fingerprint density at radius 3 is 2.72 bits per heavy atom. The Labute approximate surface area is 251 Å². The number of rotatable bonds is 5. The number of aliphatic hydroxyl groups is 2. The predicted octanol–water partition coefficient (Wildman–Crippen LogP) is 1.49. The van der Waals surface area contributed by atoms with Crippen LogP contribution in [0, 0.1) is 17.8 Å². The van der Waals surface area contributed by atoms with E-state index in [0.717, 1.165) is 22.9 Å². The average Bonchev–Trinajstić information content (AvgIpc) is 3.66. The Bertz CT molecular complexity index is 1490. The Morgan fingerprint density at radius 2 is 2.00 bits per heavy atom. The molecule has 0 radical (unpaired) electrons. The molecule has 2 unspecified atom stereocenters. The maximum absolute atomic E-state index is 14.4. The number of likely N-dealkylation sites (N-methyl/N-ethyl adjacent to an activating group) is 1. The molecule has 0 spiro atoms. The molecule has 1 aromatic heterocycles. The van der Waals surface area contributed by atoms with E-state index in [1.54, 1.807) is 18.7 Å². The number of nitrogens with one attached hydrogen (secondary N) is 2. The summed E-state index contributed by atoms with van der Waals surface area (Å²) in [6.45, 7) is 8.26. The lowest BCUT2D eigenvalue weighted by Crippen LogP contribution is -2.71. The van der Waals surface area contributed by atoms with Crippen molar-refractivity contribution in [3.63, 3.8) is 0 Å². The highest BCUT2D eigenvalue weighted by Crippen LogP contribution is 2.49. The summed E-state index contributed by atoms with van der Waals surface area (Å²) in [6.07, 6.45) is 3.33. The summed E-state index contributed by atoms with van der Waals surface area (Å²) in [6, 6.07) is 4.42. The van der Waals surface area contributed by atoms with Crippen LogP contribution in [-0.4, -0.2) is 104 Å². The number of carbonyl (C=O) groups is 3. The molecule has 4 aliphatic heterocycles. The predicted molar refractivity (Wildman–Crippen MR) is 157 cm³/mol. The van der Waals surface area contributed by atoms with Crippen LogP contribution in [0.2, 0.25) is 0 Å². The highest BCUT2D eigenvalue weighted by atomic mass is 16.7. The molecule has 5 aliphatic rings. The SMILES string of the molecule is CC(C)C[C@H]1C(=O)N2CCC[C@H]2[C@]2(O)O[C@](NC(=O)[C@H]3CN(C)[C@@H]4Cc5c[nH]c6cccc(c56)C4C3O)(C(C)C)C(=O)N12. The van der Waals surface area contributed by atoms with Gasteiger partial charge in [-0.3, -0.25) is 24.0 Å². The van der Waals surface area contributed by atoms with Crippen LogP contribution >= 0.6 is 0 Å². The Balaban J connectivity index is 1.23. The van der Waals surface area contributed by atoms with Crippen LogP contribution in [0.15, 0.2) is 24.4 Å². The lowest BCUT2D eigenvalue weighted by Gasteiger charge is -2.49. The first-order valence-electron chi connectivity index (χ1n) is 15.7. The minimum atomic E-state index is -2.06. The van der Waals surface area contributed by atoms with E-state index in [-0.39, 0.29) is 23.8 Å². The molecule has 0 saturated carbocycles. The third-order valence-electron chi connectivity index (χ3n) is 10.8. The van der Waals surface area contributed by atoms with Gasteiger partial charge in [-0.25, -0.2) is 0 Å². The van der Waals surface area contributed by atoms with Gasteiger partial charge in [0.2, 0.25) is 17.5 Å². The summed E-state index contributed by atoms with van der Waals surface area (Å²) in [5.74, 6) is -5.00. The Hall–Kier alpha value is -2.99. The van der Waals surface area contributed by atoms with E-state index < -0.39 is 53.5 Å². The zero-order chi connectivity index (χ0) is 30.6. The Kier molecular flexibility index (Phi) is 6.52. The van der Waals surface area contributed by atoms with E-state index in [9.17, 15) is 24.6 Å². The number of hydrogen-bond acceptors (Lipinski definition) is 7. The first-order valence-corrected chi connectivity index (χ1v) is 15.7. The molecule has 11 nitrogen and oxygen atoms in total. The van der Waals surface area contributed by atoms with Gasteiger partial charge in [-0.05, 0) is 55.8 Å². The van der Waals surface area contributed by atoms with Crippen LogP contribution in [0.25, 0.3) is 10.9 Å². The number of ether oxygens (including phenoxy) is 1. The number of nitrogens with zero attached hydrogens (tertiary/aromatic N) is 3. The van der Waals surface area contributed by atoms with Crippen molar-refractivity contribution in [2.45, 2.75) is 95.2 Å². The minimum absolute atomic E-state index is 0.0159. The number of H-pyrrole nitrogens is 1. The van der Waals surface area contributed by atoms with Crippen LogP contribution in [0.4, 0.5) is 0 Å². The number of likely N-dealkylation sites (tertiary alicyclic amines) is 1. The summed E-state index contributed by atoms with van der Waals surface area (Å²) in [7, 11) is 1.97. The summed E-state index contributed by atoms with van der Waals surface area (Å²) in [4.78, 5) is 50.6. The molecular formula is C32H43N5O6. The quantitative estimate of drug-likeness (QED) is 0.412. The van der Waals surface area contributed by atoms with E-state index in [1.807, 2.05) is 45.3 Å². The molecule has 4 fully saturated rings. The number of carbonyl (C=O) groups excluding carboxylic acids is 3. The van der Waals surface area contributed by atoms with E-state index >= 15 is 0 Å². The second kappa shape index (κ2) is 9.76. The standard InChI is InChI=1S/C32H43N5O6/c1-16(2)12-23-29(40)36-11-7-10-24(36)32(42)37(23)30(41)31(43-32,17(3)4)34-28(39)20-15-35(5)22-13-18-14-33-21-9-6-8-19(25(18)21)26(22)27(20)38/h6,8-9,14,16-17,20,22-24,26-27,33,38,42H,7,10-13,15H2,1-5H3,(H,34,39)/t20-,22+,23-,24-,26?,27?,31+,32-/m0/s1. The summed E-state index contributed by atoms with van der Waals surface area (Å²) >= 11 is 0. The summed E-state index contributed by atoms with van der Waals surface area (Å²) in [5.41, 5.74) is 1.33. The molecule has 232 valence electrons. The number of aliphatic hydroxyl groups excluding tert-OH is 1. The topological polar surface area (TPSA) is 138 Å². The first-order chi connectivity index (χ1) is 20.4. The average molecular weight is 594 g/mol. The van der Waals surface area contributed by atoms with Gasteiger partial charge in [0.25, 0.3) is 11.8 Å². The zero-order valence-corrected chi connectivity index (χ0v) is 25.5. The van der Waals surface area contributed by atoms with Gasteiger partial charge in [-0.15, -0.1) is 0 Å². The molecule has 7 rings (SSSR count). The van der Waals surface area contributed by atoms with Crippen molar-refractivity contribution in [3.8, 4) is 0 Å². The lowest BCUT2D eigenvalue weighted by molar-refractivity contribution is -0.322. The van der Waals surface area contributed by atoms with Crippen molar-refractivity contribution in [2.24, 2.45) is 17.8 Å². The van der Waals surface area contributed by atoms with E-state index in [1.165, 1.54) is 10.5 Å². The normalized spacial score (nSPS) is 37.3. The smallest absolute Gasteiger partial charge is 0.281 e. The first kappa shape index (κ1) is 28.8. The van der Waals surface area contributed by atoms with Crippen LogP contribution in [0.1, 0.15) is 64.0 Å². The summed E-state index contributed by atoms with van der Waals surface area (Å²) < 4.78 is 6.41. The number of aromatic amines is 1. The molecular weight excluding hydrogens is 550 g/mol. The largest absolute Gasteiger partial charge is 0.392 e. The van der Waals surface area contributed by atoms with Crippen molar-refractivity contribution in [3.05, 3.63) is 35.5 Å². The highest BCUT2D eigenvalue weighted by molar-refractivity contribution is 5.98. The van der Waals surface area contributed by atoms with Gasteiger partial charge in [-0.1, -0.05) is 39.8 Å². The number of piperidine rings is 1. The minimum Gasteiger partial charge on any atom is -0.392 e. The van der Waals surface area contributed by atoms with Gasteiger partial charge < -0.3 is 30.3 Å². The fourth-order valence-corrected chi connectivity index (χ4v) is 8.66. The number of piperazine rings is 1. The van der Waals surface area contributed by atoms with E-state index in [4.69, 9.17) is 4.74 Å². The number of amides is 3. The fraction of sp³-hybridized carbons (Fsp3) is 0.656. The van der Waals surface area contributed by atoms with Gasteiger partial charge in [-0.2, -0.15) is 0 Å². The van der Waals surface area contributed by atoms with Crippen molar-refractivity contribution in [1.29, 1.82) is 0 Å². The van der Waals surface area contributed by atoms with Crippen molar-refractivity contribution in [2.75, 3.05) is 20.1 Å². The molecule has 11 heteroatoms. The zero-order valence-electron chi connectivity index (χ0n) is 25.5. The molecule has 1 aromatic carbocycles. The number of benzene rings is 1. The molecule has 4 saturated heterocycles. The highest BCUT2D eigenvalue weighted by Gasteiger charge is 2.72. The maximum Gasteiger partial charge on any atom is 0.281 e.